The number of nitrogens with one attached hydrogen (secondary N) is 2. The maximum absolute atomic E-state index is 14.1. The number of hydrogen-bond acceptors (Lipinski definition) is 4. The van der Waals surface area contributed by atoms with E-state index in [1.54, 1.807) is 24.0 Å². The Kier molecular flexibility index (Phi) is 6.93. The minimum atomic E-state index is -3.15. The topological polar surface area (TPSA) is 78.5 Å². The molecule has 1 heterocycles. The Hall–Kier alpha value is -1.67. The standard InChI is InChI=1S/C20H30FN3O3S/c1-2-28(26,27)23-16-7-5-15(6-8-16)14-22-17-9-10-19(21)18(13-17)20(25)24-11-3-4-12-24/h9-10,13,15-16,22-23H,2-8,11-12,14H2,1H3. The van der Waals surface area contributed by atoms with Crippen LogP contribution in [-0.2, 0) is 10.0 Å². The van der Waals surface area contributed by atoms with Crippen molar-refractivity contribution in [3.8, 4) is 0 Å². The third kappa shape index (κ3) is 5.44. The molecule has 0 bridgehead atoms. The zero-order valence-electron chi connectivity index (χ0n) is 16.4. The van der Waals surface area contributed by atoms with Gasteiger partial charge < -0.3 is 10.2 Å². The molecule has 156 valence electrons. The minimum Gasteiger partial charge on any atom is -0.385 e. The minimum absolute atomic E-state index is 0.0247. The highest BCUT2D eigenvalue weighted by Gasteiger charge is 2.25. The fraction of sp³-hybridized carbons (Fsp3) is 0.650. The number of anilines is 1. The zero-order valence-corrected chi connectivity index (χ0v) is 17.2. The normalized spacial score (nSPS) is 23.0. The highest BCUT2D eigenvalue weighted by atomic mass is 32.2. The van der Waals surface area contributed by atoms with Crippen molar-refractivity contribution in [2.24, 2.45) is 5.92 Å². The molecule has 0 atom stereocenters. The monoisotopic (exact) mass is 411 g/mol. The van der Waals surface area contributed by atoms with Crippen LogP contribution in [0.1, 0.15) is 55.8 Å². The fourth-order valence-electron chi connectivity index (χ4n) is 3.97. The van der Waals surface area contributed by atoms with E-state index in [9.17, 15) is 17.6 Å². The van der Waals surface area contributed by atoms with Crippen molar-refractivity contribution in [3.05, 3.63) is 29.6 Å². The summed E-state index contributed by atoms with van der Waals surface area (Å²) in [5.41, 5.74) is 0.877. The van der Waals surface area contributed by atoms with Crippen LogP contribution in [0, 0.1) is 11.7 Å². The molecular formula is C20H30FN3O3S. The maximum atomic E-state index is 14.1. The van der Waals surface area contributed by atoms with E-state index in [2.05, 4.69) is 10.0 Å². The Morgan fingerprint density at radius 3 is 2.50 bits per heavy atom. The summed E-state index contributed by atoms with van der Waals surface area (Å²) in [6, 6.07) is 4.65. The molecule has 1 aliphatic carbocycles. The summed E-state index contributed by atoms with van der Waals surface area (Å²) in [5.74, 6) is -0.170. The third-order valence-electron chi connectivity index (χ3n) is 5.76. The van der Waals surface area contributed by atoms with Gasteiger partial charge in [0, 0.05) is 31.4 Å². The molecular weight excluding hydrogens is 381 g/mol. The number of rotatable bonds is 7. The van der Waals surface area contributed by atoms with Crippen LogP contribution in [0.4, 0.5) is 10.1 Å². The molecule has 1 aromatic carbocycles. The van der Waals surface area contributed by atoms with Gasteiger partial charge in [-0.1, -0.05) is 0 Å². The number of carbonyl (C=O) groups is 1. The van der Waals surface area contributed by atoms with Crippen LogP contribution in [0.25, 0.3) is 0 Å². The predicted octanol–water partition coefficient (Wildman–Crippen LogP) is 2.97. The number of likely N-dealkylation sites (tertiary alicyclic amines) is 1. The van der Waals surface area contributed by atoms with Crippen molar-refractivity contribution >= 4 is 21.6 Å². The van der Waals surface area contributed by atoms with E-state index in [1.807, 2.05) is 0 Å². The van der Waals surface area contributed by atoms with Gasteiger partial charge in [0.2, 0.25) is 10.0 Å². The summed E-state index contributed by atoms with van der Waals surface area (Å²) in [6.45, 7) is 3.77. The van der Waals surface area contributed by atoms with Gasteiger partial charge in [0.25, 0.3) is 5.91 Å². The molecule has 1 aromatic rings. The van der Waals surface area contributed by atoms with E-state index in [0.29, 0.717) is 19.0 Å². The molecule has 1 saturated heterocycles. The molecule has 6 nitrogen and oxygen atoms in total. The first-order valence-corrected chi connectivity index (χ1v) is 11.9. The Bertz CT molecular complexity index is 786. The second-order valence-electron chi connectivity index (χ2n) is 7.81. The number of nitrogens with zero attached hydrogens (tertiary/aromatic N) is 1. The van der Waals surface area contributed by atoms with Gasteiger partial charge in [-0.15, -0.1) is 0 Å². The molecule has 2 aliphatic rings. The van der Waals surface area contributed by atoms with E-state index >= 15 is 0 Å². The molecule has 0 unspecified atom stereocenters. The lowest BCUT2D eigenvalue weighted by atomic mass is 9.86. The Labute approximate surface area is 166 Å². The van der Waals surface area contributed by atoms with Crippen molar-refractivity contribution < 1.29 is 17.6 Å². The largest absolute Gasteiger partial charge is 0.385 e. The zero-order chi connectivity index (χ0) is 20.1. The first-order valence-electron chi connectivity index (χ1n) is 10.2. The predicted molar refractivity (Wildman–Crippen MR) is 108 cm³/mol. The molecule has 2 N–H and O–H groups in total. The lowest BCUT2D eigenvalue weighted by molar-refractivity contribution is 0.0788. The molecule has 1 aliphatic heterocycles. The fourth-order valence-corrected chi connectivity index (χ4v) is 4.88. The Balaban J connectivity index is 1.51. The lowest BCUT2D eigenvalue weighted by Crippen LogP contribution is -2.39. The average Bonchev–Trinajstić information content (AvgIpc) is 3.22. The summed E-state index contributed by atoms with van der Waals surface area (Å²) in [6.07, 6.45) is 5.47. The molecule has 0 radical (unpaired) electrons. The Morgan fingerprint density at radius 1 is 1.18 bits per heavy atom. The summed E-state index contributed by atoms with van der Waals surface area (Å²) >= 11 is 0. The molecule has 8 heteroatoms. The first-order chi connectivity index (χ1) is 13.4. The van der Waals surface area contributed by atoms with Gasteiger partial charge >= 0.3 is 0 Å². The van der Waals surface area contributed by atoms with E-state index in [0.717, 1.165) is 50.8 Å². The average molecular weight is 412 g/mol. The summed E-state index contributed by atoms with van der Waals surface area (Å²) in [5, 5.41) is 3.33. The van der Waals surface area contributed by atoms with Crippen molar-refractivity contribution in [2.45, 2.75) is 51.5 Å². The van der Waals surface area contributed by atoms with E-state index < -0.39 is 15.8 Å². The second-order valence-corrected chi connectivity index (χ2v) is 9.86. The molecule has 28 heavy (non-hydrogen) atoms. The molecule has 0 spiro atoms. The van der Waals surface area contributed by atoms with Crippen LogP contribution in [-0.4, -0.2) is 50.7 Å². The van der Waals surface area contributed by atoms with Crippen molar-refractivity contribution in [1.82, 2.24) is 9.62 Å². The number of halogens is 1. The quantitative estimate of drug-likeness (QED) is 0.723. The molecule has 3 rings (SSSR count). The van der Waals surface area contributed by atoms with Crippen molar-refractivity contribution in [1.29, 1.82) is 0 Å². The van der Waals surface area contributed by atoms with Crippen LogP contribution in [0.2, 0.25) is 0 Å². The SMILES string of the molecule is CCS(=O)(=O)NC1CCC(CNc2ccc(F)c(C(=O)N3CCCC3)c2)CC1. The third-order valence-corrected chi connectivity index (χ3v) is 7.21. The van der Waals surface area contributed by atoms with Gasteiger partial charge in [0.1, 0.15) is 5.82 Å². The van der Waals surface area contributed by atoms with Gasteiger partial charge in [-0.25, -0.2) is 17.5 Å². The molecule has 1 amide bonds. The highest BCUT2D eigenvalue weighted by molar-refractivity contribution is 7.89. The molecule has 0 aromatic heterocycles. The van der Waals surface area contributed by atoms with Crippen molar-refractivity contribution in [3.63, 3.8) is 0 Å². The van der Waals surface area contributed by atoms with E-state index in [4.69, 9.17) is 0 Å². The second kappa shape index (κ2) is 9.22. The van der Waals surface area contributed by atoms with Crippen LogP contribution < -0.4 is 10.0 Å². The van der Waals surface area contributed by atoms with Gasteiger partial charge in [-0.3, -0.25) is 4.79 Å². The molecule has 1 saturated carbocycles. The van der Waals surface area contributed by atoms with Gasteiger partial charge in [0.05, 0.1) is 11.3 Å². The van der Waals surface area contributed by atoms with Crippen LogP contribution >= 0.6 is 0 Å². The number of carbonyl (C=O) groups excluding carboxylic acids is 1. The van der Waals surface area contributed by atoms with Gasteiger partial charge in [0.15, 0.2) is 0 Å². The number of sulfonamides is 1. The number of benzene rings is 1. The van der Waals surface area contributed by atoms with E-state index in [1.165, 1.54) is 6.07 Å². The summed E-state index contributed by atoms with van der Waals surface area (Å²) in [7, 11) is -3.15. The molecule has 2 fully saturated rings. The van der Waals surface area contributed by atoms with Gasteiger partial charge in [-0.05, 0) is 69.6 Å². The summed E-state index contributed by atoms with van der Waals surface area (Å²) < 4.78 is 40.3. The first kappa shape index (κ1) is 21.0. The van der Waals surface area contributed by atoms with Crippen LogP contribution in [0.5, 0.6) is 0 Å². The van der Waals surface area contributed by atoms with E-state index in [-0.39, 0.29) is 23.3 Å². The van der Waals surface area contributed by atoms with Gasteiger partial charge in [-0.2, -0.15) is 0 Å². The number of amides is 1. The van der Waals surface area contributed by atoms with Crippen molar-refractivity contribution in [2.75, 3.05) is 30.7 Å². The number of hydrogen-bond donors (Lipinski definition) is 2. The van der Waals surface area contributed by atoms with Crippen LogP contribution in [0.3, 0.4) is 0 Å². The van der Waals surface area contributed by atoms with Crippen LogP contribution in [0.15, 0.2) is 18.2 Å². The highest BCUT2D eigenvalue weighted by Crippen LogP contribution is 2.26. The smallest absolute Gasteiger partial charge is 0.256 e. The lowest BCUT2D eigenvalue weighted by Gasteiger charge is -2.29. The maximum Gasteiger partial charge on any atom is 0.256 e. The summed E-state index contributed by atoms with van der Waals surface area (Å²) in [4.78, 5) is 14.2. The Morgan fingerprint density at radius 2 is 1.86 bits per heavy atom.